The third-order valence-corrected chi connectivity index (χ3v) is 4.89. The molecule has 4 heteroatoms. The molecule has 2 nitrogen and oxygen atoms in total. The lowest BCUT2D eigenvalue weighted by Gasteiger charge is -2.34. The van der Waals surface area contributed by atoms with Crippen molar-refractivity contribution in [2.45, 2.75) is 56.5 Å². The monoisotopic (exact) mass is 294 g/mol. The molecule has 2 fully saturated rings. The summed E-state index contributed by atoms with van der Waals surface area (Å²) in [7, 11) is 0. The highest BCUT2D eigenvalue weighted by molar-refractivity contribution is 5.22. The number of rotatable bonds is 3. The lowest BCUT2D eigenvalue weighted by atomic mass is 9.81. The van der Waals surface area contributed by atoms with E-state index < -0.39 is 11.6 Å². The largest absolute Gasteiger partial charge is 0.317 e. The fraction of sp³-hybridized carbons (Fsp3) is 0.647. The van der Waals surface area contributed by atoms with E-state index in [0.717, 1.165) is 50.4 Å². The van der Waals surface area contributed by atoms with Gasteiger partial charge in [0.2, 0.25) is 0 Å². The maximum Gasteiger partial charge on any atom is 0.126 e. The van der Waals surface area contributed by atoms with E-state index in [2.05, 4.69) is 10.6 Å². The summed E-state index contributed by atoms with van der Waals surface area (Å²) in [4.78, 5) is 0. The van der Waals surface area contributed by atoms with Crippen LogP contribution in [0.15, 0.2) is 18.2 Å². The van der Waals surface area contributed by atoms with Crippen molar-refractivity contribution in [3.8, 4) is 0 Å². The van der Waals surface area contributed by atoms with Crippen LogP contribution in [0, 0.1) is 11.6 Å². The molecule has 1 aliphatic heterocycles. The molecular formula is C17H24F2N2. The minimum absolute atomic E-state index is 0.307. The van der Waals surface area contributed by atoms with E-state index in [-0.39, 0.29) is 0 Å². The van der Waals surface area contributed by atoms with Gasteiger partial charge in [-0.1, -0.05) is 0 Å². The van der Waals surface area contributed by atoms with Gasteiger partial charge in [0.25, 0.3) is 0 Å². The van der Waals surface area contributed by atoms with Crippen LogP contribution in [0.4, 0.5) is 8.78 Å². The van der Waals surface area contributed by atoms with E-state index in [9.17, 15) is 8.78 Å². The summed E-state index contributed by atoms with van der Waals surface area (Å²) < 4.78 is 26.6. The Morgan fingerprint density at radius 2 is 1.38 bits per heavy atom. The summed E-state index contributed by atoms with van der Waals surface area (Å²) in [5.41, 5.74) is 0.827. The standard InChI is InChI=1S/C17H24F2N2/c18-14-9-13(10-15(19)11-14)12-1-3-16(4-2-12)21-17-5-7-20-8-6-17/h9-12,16-17,20-21H,1-8H2. The average molecular weight is 294 g/mol. The number of halogens is 2. The molecule has 0 unspecified atom stereocenters. The minimum Gasteiger partial charge on any atom is -0.317 e. The Hall–Kier alpha value is -1.00. The van der Waals surface area contributed by atoms with Crippen LogP contribution in [0.5, 0.6) is 0 Å². The topological polar surface area (TPSA) is 24.1 Å². The van der Waals surface area contributed by atoms with Crippen LogP contribution in [0.2, 0.25) is 0 Å². The molecule has 21 heavy (non-hydrogen) atoms. The summed E-state index contributed by atoms with van der Waals surface area (Å²) >= 11 is 0. The number of benzene rings is 1. The molecule has 1 aliphatic carbocycles. The van der Waals surface area contributed by atoms with Crippen LogP contribution in [0.25, 0.3) is 0 Å². The normalized spacial score (nSPS) is 27.7. The van der Waals surface area contributed by atoms with E-state index in [1.54, 1.807) is 0 Å². The first kappa shape index (κ1) is 14.9. The van der Waals surface area contributed by atoms with Crippen LogP contribution in [0.1, 0.15) is 50.0 Å². The summed E-state index contributed by atoms with van der Waals surface area (Å²) in [5.74, 6) is -0.610. The second-order valence-corrected chi connectivity index (χ2v) is 6.44. The van der Waals surface area contributed by atoms with Crippen molar-refractivity contribution in [1.29, 1.82) is 0 Å². The van der Waals surface area contributed by atoms with Gasteiger partial charge in [0.1, 0.15) is 11.6 Å². The lowest BCUT2D eigenvalue weighted by molar-refractivity contribution is 0.283. The zero-order valence-electron chi connectivity index (χ0n) is 12.4. The molecule has 0 amide bonds. The third kappa shape index (κ3) is 4.01. The predicted molar refractivity (Wildman–Crippen MR) is 80.4 cm³/mol. The molecule has 1 aromatic carbocycles. The molecule has 0 atom stereocenters. The SMILES string of the molecule is Fc1cc(F)cc(C2CCC(NC3CCNCC3)CC2)c1. The highest BCUT2D eigenvalue weighted by Crippen LogP contribution is 2.33. The summed E-state index contributed by atoms with van der Waals surface area (Å²) in [6, 6.07) is 5.15. The van der Waals surface area contributed by atoms with Gasteiger partial charge in [0.05, 0.1) is 0 Å². The quantitative estimate of drug-likeness (QED) is 0.893. The van der Waals surface area contributed by atoms with Gasteiger partial charge in [-0.15, -0.1) is 0 Å². The molecule has 1 saturated carbocycles. The first-order chi connectivity index (χ1) is 10.2. The van der Waals surface area contributed by atoms with E-state index >= 15 is 0 Å². The summed E-state index contributed by atoms with van der Waals surface area (Å²) in [5, 5.41) is 7.14. The van der Waals surface area contributed by atoms with Gasteiger partial charge < -0.3 is 10.6 Å². The van der Waals surface area contributed by atoms with Gasteiger partial charge in [-0.3, -0.25) is 0 Å². The van der Waals surface area contributed by atoms with E-state index in [4.69, 9.17) is 0 Å². The molecule has 2 aliphatic rings. The van der Waals surface area contributed by atoms with Gasteiger partial charge in [-0.25, -0.2) is 8.78 Å². The maximum atomic E-state index is 13.3. The zero-order valence-corrected chi connectivity index (χ0v) is 12.4. The second-order valence-electron chi connectivity index (χ2n) is 6.44. The first-order valence-electron chi connectivity index (χ1n) is 8.13. The van der Waals surface area contributed by atoms with Gasteiger partial charge >= 0.3 is 0 Å². The molecule has 0 bridgehead atoms. The van der Waals surface area contributed by atoms with Gasteiger partial charge in [-0.2, -0.15) is 0 Å². The molecule has 116 valence electrons. The van der Waals surface area contributed by atoms with Crippen LogP contribution in [-0.2, 0) is 0 Å². The number of nitrogens with one attached hydrogen (secondary N) is 2. The number of hydrogen-bond acceptors (Lipinski definition) is 2. The highest BCUT2D eigenvalue weighted by Gasteiger charge is 2.25. The number of piperidine rings is 1. The molecule has 1 heterocycles. The van der Waals surface area contributed by atoms with E-state index in [0.29, 0.717) is 18.0 Å². The third-order valence-electron chi connectivity index (χ3n) is 4.89. The van der Waals surface area contributed by atoms with Crippen molar-refractivity contribution < 1.29 is 8.78 Å². The fourth-order valence-electron chi connectivity index (χ4n) is 3.73. The molecule has 1 aromatic rings. The smallest absolute Gasteiger partial charge is 0.126 e. The van der Waals surface area contributed by atoms with Crippen LogP contribution in [-0.4, -0.2) is 25.2 Å². The molecule has 3 rings (SSSR count). The Morgan fingerprint density at radius 3 is 2.00 bits per heavy atom. The van der Waals surface area contributed by atoms with Crippen LogP contribution >= 0.6 is 0 Å². The maximum absolute atomic E-state index is 13.3. The van der Waals surface area contributed by atoms with Crippen molar-refractivity contribution in [3.05, 3.63) is 35.4 Å². The molecule has 0 spiro atoms. The Bertz CT molecular complexity index is 444. The van der Waals surface area contributed by atoms with Gasteiger partial charge in [0.15, 0.2) is 0 Å². The van der Waals surface area contributed by atoms with Crippen molar-refractivity contribution in [2.24, 2.45) is 0 Å². The number of hydrogen-bond donors (Lipinski definition) is 2. The summed E-state index contributed by atoms with van der Waals surface area (Å²) in [6.45, 7) is 2.21. The zero-order chi connectivity index (χ0) is 14.7. The van der Waals surface area contributed by atoms with E-state index in [1.807, 2.05) is 0 Å². The minimum atomic E-state index is -0.458. The average Bonchev–Trinajstić information content (AvgIpc) is 2.48. The van der Waals surface area contributed by atoms with Crippen molar-refractivity contribution >= 4 is 0 Å². The molecule has 1 saturated heterocycles. The first-order valence-corrected chi connectivity index (χ1v) is 8.13. The second kappa shape index (κ2) is 6.84. The van der Waals surface area contributed by atoms with Crippen LogP contribution < -0.4 is 10.6 Å². The van der Waals surface area contributed by atoms with Crippen molar-refractivity contribution in [3.63, 3.8) is 0 Å². The molecule has 0 aromatic heterocycles. The van der Waals surface area contributed by atoms with Crippen molar-refractivity contribution in [2.75, 3.05) is 13.1 Å². The fourth-order valence-corrected chi connectivity index (χ4v) is 3.73. The van der Waals surface area contributed by atoms with Gasteiger partial charge in [-0.05, 0) is 75.2 Å². The van der Waals surface area contributed by atoms with E-state index in [1.165, 1.54) is 25.0 Å². The Kier molecular flexibility index (Phi) is 4.86. The molecular weight excluding hydrogens is 270 g/mol. The Balaban J connectivity index is 1.52. The van der Waals surface area contributed by atoms with Crippen LogP contribution in [0.3, 0.4) is 0 Å². The molecule has 0 radical (unpaired) electrons. The summed E-state index contributed by atoms with van der Waals surface area (Å²) in [6.07, 6.45) is 6.65. The van der Waals surface area contributed by atoms with Gasteiger partial charge in [0, 0.05) is 18.2 Å². The van der Waals surface area contributed by atoms with Crippen molar-refractivity contribution in [1.82, 2.24) is 10.6 Å². The lowest BCUT2D eigenvalue weighted by Crippen LogP contribution is -2.45. The Morgan fingerprint density at radius 1 is 0.810 bits per heavy atom. The molecule has 2 N–H and O–H groups in total. The predicted octanol–water partition coefficient (Wildman–Crippen LogP) is 3.33. The Labute approximate surface area is 125 Å². The highest BCUT2D eigenvalue weighted by atomic mass is 19.1.